The third-order valence-electron chi connectivity index (χ3n) is 3.61. The highest BCUT2D eigenvalue weighted by Crippen LogP contribution is 2.33. The normalized spacial score (nSPS) is 30.4. The first-order valence-electron chi connectivity index (χ1n) is 5.97. The largest absolute Gasteiger partial charge is 0.452 e. The maximum atomic E-state index is 12.5. The summed E-state index contributed by atoms with van der Waals surface area (Å²) >= 11 is 0. The predicted molar refractivity (Wildman–Crippen MR) is 62.0 cm³/mol. The van der Waals surface area contributed by atoms with Gasteiger partial charge in [-0.3, -0.25) is 0 Å². The van der Waals surface area contributed by atoms with Crippen molar-refractivity contribution in [3.05, 3.63) is 18.4 Å². The molecule has 6 heteroatoms. The standard InChI is InChI=1S/C11H16N2O3S/c14-17(15,11-2-1-7-16-11)13-9-3-4-10(13)8-12-6-5-9/h1-2,7,9-10,12H,3-6,8H2. The van der Waals surface area contributed by atoms with E-state index in [2.05, 4.69) is 5.32 Å². The minimum absolute atomic E-state index is 0.0660. The van der Waals surface area contributed by atoms with Gasteiger partial charge in [0.05, 0.1) is 6.26 Å². The van der Waals surface area contributed by atoms with E-state index in [1.165, 1.54) is 12.3 Å². The van der Waals surface area contributed by atoms with Gasteiger partial charge in [0, 0.05) is 18.6 Å². The van der Waals surface area contributed by atoms with Crippen molar-refractivity contribution >= 4 is 10.0 Å². The molecule has 1 aromatic heterocycles. The minimum atomic E-state index is -3.45. The smallest absolute Gasteiger partial charge is 0.276 e. The van der Waals surface area contributed by atoms with Gasteiger partial charge in [-0.15, -0.1) is 0 Å². The molecule has 2 bridgehead atoms. The molecule has 0 saturated carbocycles. The first-order valence-corrected chi connectivity index (χ1v) is 7.41. The van der Waals surface area contributed by atoms with Crippen LogP contribution in [0.1, 0.15) is 19.3 Å². The van der Waals surface area contributed by atoms with E-state index in [1.54, 1.807) is 10.4 Å². The van der Waals surface area contributed by atoms with Crippen molar-refractivity contribution in [3.8, 4) is 0 Å². The lowest BCUT2D eigenvalue weighted by Crippen LogP contribution is -2.42. The Kier molecular flexibility index (Phi) is 2.72. The fourth-order valence-corrected chi connectivity index (χ4v) is 4.66. The Morgan fingerprint density at radius 1 is 1.29 bits per heavy atom. The number of rotatable bonds is 2. The van der Waals surface area contributed by atoms with Gasteiger partial charge in [-0.25, -0.2) is 8.42 Å². The monoisotopic (exact) mass is 256 g/mol. The van der Waals surface area contributed by atoms with Crippen LogP contribution in [0.4, 0.5) is 0 Å². The van der Waals surface area contributed by atoms with E-state index in [-0.39, 0.29) is 17.2 Å². The summed E-state index contributed by atoms with van der Waals surface area (Å²) in [6, 6.07) is 3.35. The highest BCUT2D eigenvalue weighted by molar-refractivity contribution is 7.89. The fraction of sp³-hybridized carbons (Fsp3) is 0.636. The number of nitrogens with zero attached hydrogens (tertiary/aromatic N) is 1. The van der Waals surface area contributed by atoms with Crippen molar-refractivity contribution in [1.82, 2.24) is 9.62 Å². The molecule has 0 aromatic carbocycles. The Morgan fingerprint density at radius 3 is 2.88 bits per heavy atom. The molecular weight excluding hydrogens is 240 g/mol. The molecule has 0 radical (unpaired) electrons. The zero-order valence-electron chi connectivity index (χ0n) is 9.50. The Morgan fingerprint density at radius 2 is 2.12 bits per heavy atom. The van der Waals surface area contributed by atoms with Crippen LogP contribution in [0.5, 0.6) is 0 Å². The molecule has 2 aliphatic rings. The van der Waals surface area contributed by atoms with E-state index in [9.17, 15) is 8.42 Å². The topological polar surface area (TPSA) is 62.6 Å². The second kappa shape index (κ2) is 4.12. The summed E-state index contributed by atoms with van der Waals surface area (Å²) in [5.41, 5.74) is 0. The molecule has 2 fully saturated rings. The van der Waals surface area contributed by atoms with Gasteiger partial charge in [0.25, 0.3) is 10.0 Å². The van der Waals surface area contributed by atoms with Gasteiger partial charge < -0.3 is 9.73 Å². The summed E-state index contributed by atoms with van der Waals surface area (Å²) in [5, 5.41) is 3.36. The summed E-state index contributed by atoms with van der Waals surface area (Å²) in [4.78, 5) is 0. The van der Waals surface area contributed by atoms with Crippen LogP contribution in [-0.4, -0.2) is 37.9 Å². The fourth-order valence-electron chi connectivity index (χ4n) is 2.85. The van der Waals surface area contributed by atoms with E-state index >= 15 is 0 Å². The van der Waals surface area contributed by atoms with Crippen LogP contribution in [0, 0.1) is 0 Å². The van der Waals surface area contributed by atoms with Gasteiger partial charge in [0.15, 0.2) is 0 Å². The molecule has 3 rings (SSSR count). The molecule has 2 unspecified atom stereocenters. The van der Waals surface area contributed by atoms with Crippen LogP contribution in [-0.2, 0) is 10.0 Å². The molecule has 1 aromatic rings. The first-order chi connectivity index (χ1) is 8.19. The predicted octanol–water partition coefficient (Wildman–Crippen LogP) is 0.795. The molecule has 2 aliphatic heterocycles. The van der Waals surface area contributed by atoms with Crippen molar-refractivity contribution in [1.29, 1.82) is 0 Å². The van der Waals surface area contributed by atoms with E-state index < -0.39 is 10.0 Å². The van der Waals surface area contributed by atoms with Crippen LogP contribution >= 0.6 is 0 Å². The maximum Gasteiger partial charge on any atom is 0.276 e. The molecule has 2 saturated heterocycles. The van der Waals surface area contributed by atoms with E-state index in [0.717, 1.165) is 32.4 Å². The van der Waals surface area contributed by atoms with Gasteiger partial charge in [0.2, 0.25) is 5.09 Å². The second-order valence-electron chi connectivity index (χ2n) is 4.64. The molecule has 2 atom stereocenters. The van der Waals surface area contributed by atoms with E-state index in [4.69, 9.17) is 4.42 Å². The van der Waals surface area contributed by atoms with E-state index in [1.807, 2.05) is 0 Å². The van der Waals surface area contributed by atoms with Gasteiger partial charge in [0.1, 0.15) is 0 Å². The van der Waals surface area contributed by atoms with Gasteiger partial charge in [-0.1, -0.05) is 0 Å². The Hall–Kier alpha value is -0.850. The van der Waals surface area contributed by atoms with Crippen molar-refractivity contribution in [2.75, 3.05) is 13.1 Å². The van der Waals surface area contributed by atoms with Crippen LogP contribution in [0.25, 0.3) is 0 Å². The average Bonchev–Trinajstić information content (AvgIpc) is 2.85. The lowest BCUT2D eigenvalue weighted by molar-refractivity contribution is 0.320. The molecular formula is C11H16N2O3S. The van der Waals surface area contributed by atoms with Crippen molar-refractivity contribution in [2.45, 2.75) is 36.4 Å². The van der Waals surface area contributed by atoms with Crippen LogP contribution in [0.3, 0.4) is 0 Å². The molecule has 94 valence electrons. The molecule has 3 heterocycles. The third kappa shape index (κ3) is 1.80. The Labute approximate surface area is 101 Å². The van der Waals surface area contributed by atoms with Crippen LogP contribution in [0.15, 0.2) is 27.9 Å². The first kappa shape index (κ1) is 11.3. The number of furan rings is 1. The van der Waals surface area contributed by atoms with Gasteiger partial charge in [-0.2, -0.15) is 4.31 Å². The average molecular weight is 256 g/mol. The highest BCUT2D eigenvalue weighted by atomic mass is 32.2. The Bertz CT molecular complexity index is 469. The number of nitrogens with one attached hydrogen (secondary N) is 1. The number of hydrogen-bond donors (Lipinski definition) is 1. The second-order valence-corrected chi connectivity index (χ2v) is 6.42. The number of hydrogen-bond acceptors (Lipinski definition) is 4. The van der Waals surface area contributed by atoms with E-state index in [0.29, 0.717) is 0 Å². The molecule has 5 nitrogen and oxygen atoms in total. The zero-order chi connectivity index (χ0) is 11.9. The van der Waals surface area contributed by atoms with Crippen LogP contribution < -0.4 is 5.32 Å². The van der Waals surface area contributed by atoms with Crippen molar-refractivity contribution in [3.63, 3.8) is 0 Å². The zero-order valence-corrected chi connectivity index (χ0v) is 10.3. The van der Waals surface area contributed by atoms with Crippen molar-refractivity contribution < 1.29 is 12.8 Å². The Balaban J connectivity index is 1.98. The quantitative estimate of drug-likeness (QED) is 0.850. The summed E-state index contributed by atoms with van der Waals surface area (Å²) in [6.07, 6.45) is 4.20. The van der Waals surface area contributed by atoms with Crippen LogP contribution in [0.2, 0.25) is 0 Å². The third-order valence-corrected chi connectivity index (χ3v) is 5.51. The number of sulfonamides is 1. The van der Waals surface area contributed by atoms with Crippen molar-refractivity contribution in [2.24, 2.45) is 0 Å². The maximum absolute atomic E-state index is 12.5. The molecule has 0 aliphatic carbocycles. The summed E-state index contributed by atoms with van der Waals surface area (Å²) in [7, 11) is -3.45. The lowest BCUT2D eigenvalue weighted by Gasteiger charge is -2.25. The molecule has 0 spiro atoms. The summed E-state index contributed by atoms with van der Waals surface area (Å²) in [5.74, 6) is 0. The lowest BCUT2D eigenvalue weighted by atomic mass is 10.1. The SMILES string of the molecule is O=S(=O)(c1ccco1)N1C2CCNCC1CC2. The van der Waals surface area contributed by atoms with Gasteiger partial charge in [-0.05, 0) is 37.9 Å². The summed E-state index contributed by atoms with van der Waals surface area (Å²) < 4.78 is 31.7. The minimum Gasteiger partial charge on any atom is -0.452 e. The molecule has 0 amide bonds. The molecule has 1 N–H and O–H groups in total. The summed E-state index contributed by atoms with van der Waals surface area (Å²) in [6.45, 7) is 1.64. The molecule has 17 heavy (non-hydrogen) atoms. The van der Waals surface area contributed by atoms with Gasteiger partial charge >= 0.3 is 0 Å². The number of fused-ring (bicyclic) bond motifs is 2. The highest BCUT2D eigenvalue weighted by Gasteiger charge is 2.43.